The van der Waals surface area contributed by atoms with Crippen molar-refractivity contribution in [2.75, 3.05) is 7.11 Å². The topological polar surface area (TPSA) is 35.1 Å². The largest absolute Gasteiger partial charge is 0.463 e. The van der Waals surface area contributed by atoms with E-state index < -0.39 is 0 Å². The van der Waals surface area contributed by atoms with Gasteiger partial charge in [-0.15, -0.1) is 0 Å². The van der Waals surface area contributed by atoms with E-state index in [1.54, 1.807) is 13.3 Å². The normalized spacial score (nSPS) is 10.2. The van der Waals surface area contributed by atoms with E-state index in [9.17, 15) is 4.79 Å². The third-order valence-electron chi connectivity index (χ3n) is 2.58. The van der Waals surface area contributed by atoms with Crippen molar-refractivity contribution in [2.45, 2.75) is 6.54 Å². The van der Waals surface area contributed by atoms with Crippen molar-refractivity contribution in [1.82, 2.24) is 4.57 Å². The zero-order chi connectivity index (χ0) is 12.3. The molecule has 0 amide bonds. The number of Topliss-reactive ketones (excluding diaryl/α,β-unsaturated/α-hetero) is 1. The Labute approximate surface area is 100 Å². The molecule has 88 valence electrons. The minimum absolute atomic E-state index is 0.0869. The fourth-order valence-electron chi connectivity index (χ4n) is 1.71. The molecule has 0 N–H and O–H groups in total. The van der Waals surface area contributed by atoms with Crippen LogP contribution in [0.2, 0.25) is 0 Å². The van der Waals surface area contributed by atoms with Gasteiger partial charge in [-0.1, -0.05) is 30.3 Å². The van der Waals surface area contributed by atoms with E-state index in [1.807, 2.05) is 52.8 Å². The molecule has 0 saturated carbocycles. The Hall–Kier alpha value is -2.10. The smallest absolute Gasteiger partial charge is 0.324 e. The molecule has 0 aliphatic heterocycles. The number of nitrogens with zero attached hydrogens (tertiary/aromatic N) is 2. The van der Waals surface area contributed by atoms with Crippen LogP contribution >= 0.6 is 0 Å². The molecule has 4 heteroatoms. The lowest BCUT2D eigenvalue weighted by Gasteiger charge is -1.96. The maximum atomic E-state index is 12.0. The summed E-state index contributed by atoms with van der Waals surface area (Å²) in [7, 11) is 3.49. The molecule has 1 aromatic heterocycles. The second-order valence-electron chi connectivity index (χ2n) is 3.86. The number of ketones is 1. The molecule has 0 radical (unpaired) electrons. The maximum Gasteiger partial charge on any atom is 0.324 e. The van der Waals surface area contributed by atoms with Crippen molar-refractivity contribution in [3.63, 3.8) is 0 Å². The molecular weight excluding hydrogens is 216 g/mol. The van der Waals surface area contributed by atoms with E-state index in [-0.39, 0.29) is 5.78 Å². The first-order valence-corrected chi connectivity index (χ1v) is 5.38. The van der Waals surface area contributed by atoms with Gasteiger partial charge in [-0.25, -0.2) is 9.13 Å². The molecule has 1 heterocycles. The number of aryl methyl sites for hydroxylation is 1. The van der Waals surface area contributed by atoms with Gasteiger partial charge in [0, 0.05) is 5.56 Å². The van der Waals surface area contributed by atoms with Crippen LogP contribution < -0.4 is 9.30 Å². The minimum Gasteiger partial charge on any atom is -0.463 e. The number of hydrogen-bond acceptors (Lipinski definition) is 2. The second-order valence-corrected chi connectivity index (χ2v) is 3.86. The molecule has 2 rings (SSSR count). The van der Waals surface area contributed by atoms with Crippen molar-refractivity contribution in [3.8, 4) is 5.88 Å². The molecule has 0 atom stereocenters. The molecule has 17 heavy (non-hydrogen) atoms. The lowest BCUT2D eigenvalue weighted by Crippen LogP contribution is -2.35. The Morgan fingerprint density at radius 1 is 1.35 bits per heavy atom. The van der Waals surface area contributed by atoms with E-state index >= 15 is 0 Å². The van der Waals surface area contributed by atoms with Crippen LogP contribution in [0, 0.1) is 0 Å². The zero-order valence-corrected chi connectivity index (χ0v) is 9.96. The molecule has 0 aliphatic carbocycles. The maximum absolute atomic E-state index is 12.0. The third kappa shape index (κ3) is 2.53. The first kappa shape index (κ1) is 11.4. The lowest BCUT2D eigenvalue weighted by atomic mass is 10.1. The second kappa shape index (κ2) is 4.82. The number of imidazole rings is 1. The number of benzene rings is 1. The standard InChI is InChI=1S/C13H15N2O2/c1-14-10-15(9-13(14)17-2)8-12(16)11-6-4-3-5-7-11/h3-7,9-10H,8H2,1-2H3/q+1. The minimum atomic E-state index is 0.0869. The number of carbonyl (C=O) groups excluding carboxylic acids is 1. The molecule has 0 fully saturated rings. The summed E-state index contributed by atoms with van der Waals surface area (Å²) in [6.45, 7) is 0.321. The van der Waals surface area contributed by atoms with Crippen molar-refractivity contribution in [2.24, 2.45) is 7.05 Å². The van der Waals surface area contributed by atoms with E-state index in [4.69, 9.17) is 4.74 Å². The summed E-state index contributed by atoms with van der Waals surface area (Å²) < 4.78 is 8.79. The van der Waals surface area contributed by atoms with Crippen LogP contribution in [0.25, 0.3) is 0 Å². The highest BCUT2D eigenvalue weighted by molar-refractivity contribution is 5.94. The number of methoxy groups -OCH3 is 1. The monoisotopic (exact) mass is 231 g/mol. The summed E-state index contributed by atoms with van der Waals surface area (Å²) in [6, 6.07) is 9.27. The summed E-state index contributed by atoms with van der Waals surface area (Å²) in [5, 5.41) is 0. The van der Waals surface area contributed by atoms with Crippen LogP contribution in [0.3, 0.4) is 0 Å². The van der Waals surface area contributed by atoms with Gasteiger partial charge in [-0.3, -0.25) is 4.79 Å². The quantitative estimate of drug-likeness (QED) is 0.585. The zero-order valence-electron chi connectivity index (χ0n) is 9.96. The van der Waals surface area contributed by atoms with E-state index in [0.29, 0.717) is 6.54 Å². The Morgan fingerprint density at radius 2 is 2.06 bits per heavy atom. The van der Waals surface area contributed by atoms with Crippen LogP contribution in [0.1, 0.15) is 10.4 Å². The highest BCUT2D eigenvalue weighted by Crippen LogP contribution is 2.05. The molecule has 1 aromatic carbocycles. The Balaban J connectivity index is 2.13. The van der Waals surface area contributed by atoms with E-state index in [2.05, 4.69) is 0 Å². The first-order chi connectivity index (χ1) is 8.20. The Bertz CT molecular complexity index is 517. The van der Waals surface area contributed by atoms with E-state index in [0.717, 1.165) is 11.4 Å². The van der Waals surface area contributed by atoms with Gasteiger partial charge in [0.15, 0.2) is 12.7 Å². The van der Waals surface area contributed by atoms with Crippen LogP contribution in [-0.2, 0) is 13.6 Å². The van der Waals surface area contributed by atoms with Gasteiger partial charge in [0.1, 0.15) is 0 Å². The lowest BCUT2D eigenvalue weighted by molar-refractivity contribution is -0.682. The fraction of sp³-hybridized carbons (Fsp3) is 0.231. The predicted octanol–water partition coefficient (Wildman–Crippen LogP) is 1.20. The Morgan fingerprint density at radius 3 is 2.65 bits per heavy atom. The summed E-state index contributed by atoms with van der Waals surface area (Å²) in [5.41, 5.74) is 0.725. The first-order valence-electron chi connectivity index (χ1n) is 5.38. The van der Waals surface area contributed by atoms with Crippen molar-refractivity contribution < 1.29 is 14.1 Å². The SMILES string of the molecule is COc1c[n+](CC(=O)c2ccccc2)cn1C. The highest BCUT2D eigenvalue weighted by Gasteiger charge is 2.14. The van der Waals surface area contributed by atoms with Crippen LogP contribution in [-0.4, -0.2) is 17.5 Å². The van der Waals surface area contributed by atoms with Gasteiger partial charge in [0.25, 0.3) is 0 Å². The summed E-state index contributed by atoms with van der Waals surface area (Å²) in [6.07, 6.45) is 3.64. The molecule has 2 aromatic rings. The molecule has 0 bridgehead atoms. The van der Waals surface area contributed by atoms with Crippen molar-refractivity contribution in [1.29, 1.82) is 0 Å². The molecule has 0 aliphatic rings. The van der Waals surface area contributed by atoms with Gasteiger partial charge in [0.2, 0.25) is 12.1 Å². The Kier molecular flexibility index (Phi) is 3.23. The third-order valence-corrected chi connectivity index (χ3v) is 2.58. The molecule has 0 saturated heterocycles. The number of ether oxygens (including phenoxy) is 1. The number of carbonyl (C=O) groups is 1. The number of rotatable bonds is 4. The average Bonchev–Trinajstić information content (AvgIpc) is 2.70. The molecular formula is C13H15N2O2+. The molecule has 0 unspecified atom stereocenters. The van der Waals surface area contributed by atoms with Gasteiger partial charge < -0.3 is 4.74 Å². The van der Waals surface area contributed by atoms with Gasteiger partial charge in [-0.05, 0) is 0 Å². The van der Waals surface area contributed by atoms with Gasteiger partial charge >= 0.3 is 5.88 Å². The van der Waals surface area contributed by atoms with Crippen LogP contribution in [0.15, 0.2) is 42.9 Å². The summed E-state index contributed by atoms with van der Waals surface area (Å²) in [4.78, 5) is 12.0. The highest BCUT2D eigenvalue weighted by atomic mass is 16.5. The van der Waals surface area contributed by atoms with Crippen LogP contribution in [0.5, 0.6) is 5.88 Å². The molecule has 0 spiro atoms. The van der Waals surface area contributed by atoms with E-state index in [1.165, 1.54) is 0 Å². The van der Waals surface area contributed by atoms with Crippen molar-refractivity contribution >= 4 is 5.78 Å². The van der Waals surface area contributed by atoms with Gasteiger partial charge in [0.05, 0.1) is 14.2 Å². The van der Waals surface area contributed by atoms with Crippen molar-refractivity contribution in [3.05, 3.63) is 48.4 Å². The fourth-order valence-corrected chi connectivity index (χ4v) is 1.71. The predicted molar refractivity (Wildman–Crippen MR) is 62.9 cm³/mol. The summed E-state index contributed by atoms with van der Waals surface area (Å²) >= 11 is 0. The molecule has 4 nitrogen and oxygen atoms in total. The van der Waals surface area contributed by atoms with Gasteiger partial charge in [-0.2, -0.15) is 0 Å². The average molecular weight is 231 g/mol. The van der Waals surface area contributed by atoms with Crippen LogP contribution in [0.4, 0.5) is 0 Å². The summed E-state index contributed by atoms with van der Waals surface area (Å²) in [5.74, 6) is 0.815. The number of hydrogen-bond donors (Lipinski definition) is 0. The number of aromatic nitrogens is 2.